The lowest BCUT2D eigenvalue weighted by molar-refractivity contribution is -0.396. The van der Waals surface area contributed by atoms with Crippen molar-refractivity contribution in [1.82, 2.24) is 39.9 Å². The summed E-state index contributed by atoms with van der Waals surface area (Å²) >= 11 is 0. The number of aromatic amines is 1. The fourth-order valence-electron chi connectivity index (χ4n) is 4.06. The van der Waals surface area contributed by atoms with Crippen LogP contribution in [0.15, 0.2) is 31.0 Å². The number of hydrogen-bond donors (Lipinski definition) is 3. The fraction of sp³-hybridized carbons (Fsp3) is 0.542. The van der Waals surface area contributed by atoms with E-state index in [1.807, 2.05) is 0 Å². The van der Waals surface area contributed by atoms with E-state index in [2.05, 4.69) is 30.7 Å². The predicted octanol–water partition coefficient (Wildman–Crippen LogP) is 1.43. The lowest BCUT2D eigenvalue weighted by atomic mass is 9.96. The molecule has 3 N–H and O–H groups in total. The molecule has 20 nitrogen and oxygen atoms in total. The molecule has 0 fully saturated rings. The molecule has 0 saturated carbocycles. The van der Waals surface area contributed by atoms with Crippen molar-refractivity contribution >= 4 is 29.4 Å². The number of nitro groups is 3. The van der Waals surface area contributed by atoms with Gasteiger partial charge in [-0.2, -0.15) is 5.48 Å². The number of ketones is 2. The normalized spacial score (nSPS) is 12.6. The number of aromatic nitrogens is 6. The Hall–Kier alpha value is -4.95. The third-order valence-electron chi connectivity index (χ3n) is 6.76. The highest BCUT2D eigenvalue weighted by molar-refractivity contribution is 5.87. The molecule has 20 heteroatoms. The Morgan fingerprint density at radius 3 is 1.89 bits per heavy atom. The second-order valence-corrected chi connectivity index (χ2v) is 10.9. The van der Waals surface area contributed by atoms with Gasteiger partial charge in [0.2, 0.25) is 0 Å². The molecule has 3 rings (SSSR count). The van der Waals surface area contributed by atoms with E-state index in [-0.39, 0.29) is 62.4 Å². The maximum atomic E-state index is 13.0. The van der Waals surface area contributed by atoms with E-state index in [1.165, 1.54) is 40.1 Å². The van der Waals surface area contributed by atoms with Gasteiger partial charge in [-0.05, 0) is 42.5 Å². The van der Waals surface area contributed by atoms with Gasteiger partial charge in [0.15, 0.2) is 11.6 Å². The Labute approximate surface area is 249 Å². The summed E-state index contributed by atoms with van der Waals surface area (Å²) in [6, 6.07) is 0. The van der Waals surface area contributed by atoms with Crippen molar-refractivity contribution < 1.29 is 29.2 Å². The van der Waals surface area contributed by atoms with Crippen molar-refractivity contribution in [2.75, 3.05) is 6.54 Å². The highest BCUT2D eigenvalue weighted by Crippen LogP contribution is 2.16. The summed E-state index contributed by atoms with van der Waals surface area (Å²) in [7, 11) is 0. The molecule has 0 bridgehead atoms. The third kappa shape index (κ3) is 8.78. The predicted molar refractivity (Wildman–Crippen MR) is 150 cm³/mol. The zero-order valence-corrected chi connectivity index (χ0v) is 24.5. The van der Waals surface area contributed by atoms with E-state index in [0.29, 0.717) is 5.69 Å². The van der Waals surface area contributed by atoms with Crippen LogP contribution in [0.3, 0.4) is 0 Å². The van der Waals surface area contributed by atoms with Crippen molar-refractivity contribution in [3.63, 3.8) is 0 Å². The number of hydrogen-bond acceptors (Lipinski definition) is 14. The zero-order valence-electron chi connectivity index (χ0n) is 24.5. The van der Waals surface area contributed by atoms with Crippen molar-refractivity contribution in [2.45, 2.75) is 77.2 Å². The molecule has 0 spiro atoms. The summed E-state index contributed by atoms with van der Waals surface area (Å²) in [4.78, 5) is 76.8. The van der Waals surface area contributed by atoms with Crippen molar-refractivity contribution in [2.24, 2.45) is 0 Å². The van der Waals surface area contributed by atoms with Gasteiger partial charge in [0, 0.05) is 25.8 Å². The van der Waals surface area contributed by atoms with Crippen LogP contribution < -0.4 is 10.8 Å². The minimum atomic E-state index is -1.25. The fourth-order valence-corrected chi connectivity index (χ4v) is 4.06. The molecule has 3 heterocycles. The summed E-state index contributed by atoms with van der Waals surface area (Å²) < 4.78 is 2.51. The monoisotopic (exact) mass is 619 g/mol. The lowest BCUT2D eigenvalue weighted by Crippen LogP contribution is -2.53. The Kier molecular flexibility index (Phi) is 10.7. The maximum absolute atomic E-state index is 13.0. The first-order chi connectivity index (χ1) is 20.6. The maximum Gasteiger partial charge on any atom is 0.434 e. The molecule has 0 amide bonds. The van der Waals surface area contributed by atoms with Gasteiger partial charge in [0.05, 0.1) is 30.3 Å². The van der Waals surface area contributed by atoms with Crippen molar-refractivity contribution in [3.05, 3.63) is 67.0 Å². The number of aryl methyl sites for hydroxylation is 2. The molecule has 0 aliphatic heterocycles. The summed E-state index contributed by atoms with van der Waals surface area (Å²) in [6.07, 6.45) is 5.79. The molecule has 0 saturated heterocycles. The van der Waals surface area contributed by atoms with E-state index >= 15 is 0 Å². The van der Waals surface area contributed by atoms with Crippen LogP contribution in [0.4, 0.5) is 17.8 Å². The number of carbonyl (C=O) groups is 2. The van der Waals surface area contributed by atoms with Crippen molar-refractivity contribution in [1.29, 1.82) is 0 Å². The highest BCUT2D eigenvalue weighted by atomic mass is 16.7. The van der Waals surface area contributed by atoms with Crippen LogP contribution in [-0.2, 0) is 33.9 Å². The van der Waals surface area contributed by atoms with Gasteiger partial charge in [-0.3, -0.25) is 14.4 Å². The minimum absolute atomic E-state index is 0.0155. The molecular weight excluding hydrogens is 586 g/mol. The Balaban J connectivity index is 1.64. The van der Waals surface area contributed by atoms with Gasteiger partial charge in [0.1, 0.15) is 36.7 Å². The molecule has 3 aromatic heterocycles. The number of nitrogens with zero attached hydrogens (tertiary/aromatic N) is 8. The van der Waals surface area contributed by atoms with Gasteiger partial charge < -0.3 is 35.7 Å². The lowest BCUT2D eigenvalue weighted by Gasteiger charge is -2.30. The number of hydroxylamine groups is 1. The Morgan fingerprint density at radius 1 is 0.886 bits per heavy atom. The SMILES string of the molecule is CC(C)(NCC(Cc1cnc([N+](=O)[O-])[nH]1)ONC(C)(C)C(=O)CCn1ccnc1[N+](=O)[O-])C(=O)CCn1ccnc1[N+](=O)[O-]. The van der Waals surface area contributed by atoms with Gasteiger partial charge in [-0.15, -0.1) is 0 Å². The second kappa shape index (κ2) is 14.0. The number of imidazole rings is 3. The number of H-pyrrole nitrogens is 1. The average Bonchev–Trinajstić information content (AvgIpc) is 3.72. The number of Topliss-reactive ketones (excluding diaryl/α,β-unsaturated/α-hetero) is 2. The van der Waals surface area contributed by atoms with Gasteiger partial charge in [0.25, 0.3) is 0 Å². The zero-order chi connectivity index (χ0) is 32.7. The van der Waals surface area contributed by atoms with Crippen LogP contribution in [0.2, 0.25) is 0 Å². The number of carbonyl (C=O) groups excluding carboxylic acids is 2. The molecule has 0 aliphatic rings. The van der Waals surface area contributed by atoms with E-state index in [9.17, 15) is 39.9 Å². The Bertz CT molecular complexity index is 1420. The molecule has 3 aromatic rings. The average molecular weight is 620 g/mol. The quantitative estimate of drug-likeness (QED) is 0.127. The first kappa shape index (κ1) is 33.6. The van der Waals surface area contributed by atoms with Crippen molar-refractivity contribution in [3.8, 4) is 0 Å². The van der Waals surface area contributed by atoms with E-state index in [4.69, 9.17) is 4.84 Å². The van der Waals surface area contributed by atoms with Crippen LogP contribution in [0.5, 0.6) is 0 Å². The molecule has 0 radical (unpaired) electrons. The molecule has 1 atom stereocenters. The summed E-state index contributed by atoms with van der Waals surface area (Å²) in [6.45, 7) is 6.48. The summed E-state index contributed by atoms with van der Waals surface area (Å²) in [5.74, 6) is -1.81. The largest absolute Gasteiger partial charge is 0.434 e. The van der Waals surface area contributed by atoms with E-state index < -0.39 is 37.9 Å². The van der Waals surface area contributed by atoms with Crippen LogP contribution in [0.25, 0.3) is 0 Å². The standard InChI is InChI=1S/C24H33N11O9/c1-23(2,18(36)5-9-31-11-7-25-21(31)34(40)41)28-15-17(13-16-14-27-20(29-16)33(38)39)44-30-24(3,4)19(37)6-10-32-12-8-26-22(32)35(42)43/h7-8,11-12,14,17,28,30H,5-6,9-10,13,15H2,1-4H3,(H,27,29). The van der Waals surface area contributed by atoms with E-state index in [1.54, 1.807) is 27.7 Å². The molecule has 1 unspecified atom stereocenters. The second-order valence-electron chi connectivity index (χ2n) is 10.9. The van der Waals surface area contributed by atoms with Crippen LogP contribution in [0, 0.1) is 30.3 Å². The smallest absolute Gasteiger partial charge is 0.390 e. The number of rotatable bonds is 19. The number of nitrogens with one attached hydrogen (secondary N) is 3. The van der Waals surface area contributed by atoms with E-state index in [0.717, 1.165) is 0 Å². The molecule has 238 valence electrons. The summed E-state index contributed by atoms with van der Waals surface area (Å²) in [5, 5.41) is 36.4. The molecular formula is C24H33N11O9. The summed E-state index contributed by atoms with van der Waals surface area (Å²) in [5.41, 5.74) is 0.725. The topological polar surface area (TPSA) is 261 Å². The Morgan fingerprint density at radius 2 is 1.41 bits per heavy atom. The third-order valence-corrected chi connectivity index (χ3v) is 6.76. The first-order valence-corrected chi connectivity index (χ1v) is 13.3. The highest BCUT2D eigenvalue weighted by Gasteiger charge is 2.32. The van der Waals surface area contributed by atoms with Crippen LogP contribution in [0.1, 0.15) is 46.2 Å². The first-order valence-electron chi connectivity index (χ1n) is 13.3. The van der Waals surface area contributed by atoms with Crippen LogP contribution in [-0.4, -0.2) is 79.1 Å². The van der Waals surface area contributed by atoms with Gasteiger partial charge in [-0.1, -0.05) is 15.0 Å². The van der Waals surface area contributed by atoms with Gasteiger partial charge in [-0.25, -0.2) is 14.1 Å². The molecule has 0 aromatic carbocycles. The molecule has 0 aliphatic carbocycles. The van der Waals surface area contributed by atoms with Gasteiger partial charge >= 0.3 is 17.8 Å². The minimum Gasteiger partial charge on any atom is -0.390 e. The molecule has 44 heavy (non-hydrogen) atoms. The van der Waals surface area contributed by atoms with Crippen LogP contribution >= 0.6 is 0 Å².